The lowest BCUT2D eigenvalue weighted by Gasteiger charge is -2.15. The summed E-state index contributed by atoms with van der Waals surface area (Å²) in [5.41, 5.74) is 8.12. The summed E-state index contributed by atoms with van der Waals surface area (Å²) in [4.78, 5) is 16.0. The van der Waals surface area contributed by atoms with E-state index in [1.165, 1.54) is 0 Å². The van der Waals surface area contributed by atoms with Gasteiger partial charge in [-0.15, -0.1) is 23.7 Å². The summed E-state index contributed by atoms with van der Waals surface area (Å²) in [6.07, 6.45) is 2.83. The van der Waals surface area contributed by atoms with Gasteiger partial charge < -0.3 is 10.6 Å². The topological polar surface area (TPSA) is 64.2 Å². The first-order valence-electron chi connectivity index (χ1n) is 8.44. The highest BCUT2D eigenvalue weighted by Crippen LogP contribution is 2.29. The van der Waals surface area contributed by atoms with E-state index in [4.69, 9.17) is 10.8 Å². The van der Waals surface area contributed by atoms with Crippen molar-refractivity contribution in [1.29, 1.82) is 0 Å². The van der Waals surface area contributed by atoms with Crippen molar-refractivity contribution in [3.05, 3.63) is 59.6 Å². The third-order valence-electron chi connectivity index (χ3n) is 4.63. The predicted octanol–water partition coefficient (Wildman–Crippen LogP) is 3.44. The number of halogens is 1. The Morgan fingerprint density at radius 2 is 2.04 bits per heavy atom. The maximum absolute atomic E-state index is 13.1. The van der Waals surface area contributed by atoms with E-state index in [0.717, 1.165) is 35.8 Å². The van der Waals surface area contributed by atoms with Crippen molar-refractivity contribution in [3.8, 4) is 16.3 Å². The van der Waals surface area contributed by atoms with Gasteiger partial charge in [0.05, 0.1) is 16.1 Å². The molecule has 0 saturated carbocycles. The van der Waals surface area contributed by atoms with E-state index in [1.807, 2.05) is 58.9 Å². The maximum atomic E-state index is 13.1. The van der Waals surface area contributed by atoms with Gasteiger partial charge in [0.25, 0.3) is 5.91 Å². The molecule has 0 bridgehead atoms. The number of amides is 1. The Morgan fingerprint density at radius 1 is 1.23 bits per heavy atom. The molecule has 1 saturated heterocycles. The number of thiophene rings is 1. The number of aromatic nitrogens is 2. The molecule has 136 valence electrons. The normalized spacial score (nSPS) is 16.5. The van der Waals surface area contributed by atoms with Crippen molar-refractivity contribution in [2.75, 3.05) is 19.6 Å². The number of rotatable bonds is 4. The Bertz CT molecular complexity index is 863. The van der Waals surface area contributed by atoms with Gasteiger partial charge in [-0.2, -0.15) is 5.10 Å². The second-order valence-corrected chi connectivity index (χ2v) is 7.24. The fraction of sp³-hybridized carbons (Fsp3) is 0.263. The van der Waals surface area contributed by atoms with E-state index in [9.17, 15) is 4.79 Å². The molecular formula is C19H21ClN4OS. The predicted molar refractivity (Wildman–Crippen MR) is 107 cm³/mol. The van der Waals surface area contributed by atoms with Crippen LogP contribution in [0.1, 0.15) is 16.8 Å². The van der Waals surface area contributed by atoms with Crippen LogP contribution >= 0.6 is 23.7 Å². The SMILES string of the molecule is Cl.NCC1CCN(C(=O)c2cn(-c3ccccc3)nc2-c2cccs2)C1. The molecule has 1 amide bonds. The molecule has 3 aromatic rings. The Kier molecular flexibility index (Phi) is 5.76. The molecule has 2 aromatic heterocycles. The van der Waals surface area contributed by atoms with Crippen LogP contribution in [0.5, 0.6) is 0 Å². The molecule has 1 atom stereocenters. The van der Waals surface area contributed by atoms with Gasteiger partial charge in [-0.25, -0.2) is 4.68 Å². The van der Waals surface area contributed by atoms with Gasteiger partial charge in [-0.3, -0.25) is 4.79 Å². The van der Waals surface area contributed by atoms with Gasteiger partial charge in [0.15, 0.2) is 0 Å². The summed E-state index contributed by atoms with van der Waals surface area (Å²) in [7, 11) is 0. The van der Waals surface area contributed by atoms with E-state index < -0.39 is 0 Å². The number of nitrogens with zero attached hydrogens (tertiary/aromatic N) is 3. The van der Waals surface area contributed by atoms with Crippen molar-refractivity contribution < 1.29 is 4.79 Å². The van der Waals surface area contributed by atoms with Crippen LogP contribution in [0.4, 0.5) is 0 Å². The standard InChI is InChI=1S/C19H20N4OS.ClH/c20-11-14-8-9-22(12-14)19(24)16-13-23(15-5-2-1-3-6-15)21-18(16)17-7-4-10-25-17;/h1-7,10,13-14H,8-9,11-12,20H2;1H. The molecule has 1 fully saturated rings. The summed E-state index contributed by atoms with van der Waals surface area (Å²) < 4.78 is 1.79. The summed E-state index contributed by atoms with van der Waals surface area (Å²) in [5.74, 6) is 0.444. The van der Waals surface area contributed by atoms with Crippen molar-refractivity contribution in [2.45, 2.75) is 6.42 Å². The smallest absolute Gasteiger partial charge is 0.257 e. The van der Waals surface area contributed by atoms with E-state index in [0.29, 0.717) is 18.0 Å². The molecule has 1 aliphatic rings. The van der Waals surface area contributed by atoms with Gasteiger partial charge in [-0.1, -0.05) is 24.3 Å². The van der Waals surface area contributed by atoms with Crippen LogP contribution in [0.15, 0.2) is 54.0 Å². The lowest BCUT2D eigenvalue weighted by Crippen LogP contribution is -2.30. The average molecular weight is 389 g/mol. The summed E-state index contributed by atoms with van der Waals surface area (Å²) in [6, 6.07) is 13.9. The number of hydrogen-bond donors (Lipinski definition) is 1. The highest BCUT2D eigenvalue weighted by Gasteiger charge is 2.29. The van der Waals surface area contributed by atoms with Crippen LogP contribution in [-0.2, 0) is 0 Å². The first-order chi connectivity index (χ1) is 12.3. The molecule has 7 heteroatoms. The largest absolute Gasteiger partial charge is 0.338 e. The van der Waals surface area contributed by atoms with Crippen LogP contribution in [0.3, 0.4) is 0 Å². The zero-order valence-electron chi connectivity index (χ0n) is 14.2. The van der Waals surface area contributed by atoms with Crippen molar-refractivity contribution in [3.63, 3.8) is 0 Å². The maximum Gasteiger partial charge on any atom is 0.257 e. The number of nitrogens with two attached hydrogens (primary N) is 1. The van der Waals surface area contributed by atoms with E-state index in [2.05, 4.69) is 0 Å². The van der Waals surface area contributed by atoms with Crippen molar-refractivity contribution in [2.24, 2.45) is 11.7 Å². The fourth-order valence-corrected chi connectivity index (χ4v) is 3.94. The van der Waals surface area contributed by atoms with E-state index in [1.54, 1.807) is 16.0 Å². The first-order valence-corrected chi connectivity index (χ1v) is 9.32. The summed E-state index contributed by atoms with van der Waals surface area (Å²) in [5, 5.41) is 6.71. The highest BCUT2D eigenvalue weighted by atomic mass is 35.5. The quantitative estimate of drug-likeness (QED) is 0.744. The molecule has 0 spiro atoms. The Labute approximate surface area is 162 Å². The van der Waals surface area contributed by atoms with Crippen LogP contribution in [0.2, 0.25) is 0 Å². The Hall–Kier alpha value is -2.15. The first kappa shape index (κ1) is 18.6. The van der Waals surface area contributed by atoms with Crippen molar-refractivity contribution in [1.82, 2.24) is 14.7 Å². The van der Waals surface area contributed by atoms with Crippen LogP contribution in [0.25, 0.3) is 16.3 Å². The van der Waals surface area contributed by atoms with E-state index in [-0.39, 0.29) is 18.3 Å². The molecule has 26 heavy (non-hydrogen) atoms. The van der Waals surface area contributed by atoms with Gasteiger partial charge in [0.2, 0.25) is 0 Å². The zero-order chi connectivity index (χ0) is 17.2. The van der Waals surface area contributed by atoms with Gasteiger partial charge >= 0.3 is 0 Å². The highest BCUT2D eigenvalue weighted by molar-refractivity contribution is 7.13. The molecule has 1 aromatic carbocycles. The Morgan fingerprint density at radius 3 is 2.69 bits per heavy atom. The molecule has 0 aliphatic carbocycles. The third-order valence-corrected chi connectivity index (χ3v) is 5.50. The molecule has 0 radical (unpaired) electrons. The summed E-state index contributed by atoms with van der Waals surface area (Å²) in [6.45, 7) is 2.13. The number of likely N-dealkylation sites (tertiary alicyclic amines) is 1. The second-order valence-electron chi connectivity index (χ2n) is 6.29. The fourth-order valence-electron chi connectivity index (χ4n) is 3.22. The lowest BCUT2D eigenvalue weighted by atomic mass is 10.1. The average Bonchev–Trinajstić information content (AvgIpc) is 3.41. The molecule has 5 nitrogen and oxygen atoms in total. The number of benzene rings is 1. The zero-order valence-corrected chi connectivity index (χ0v) is 15.9. The third kappa shape index (κ3) is 3.53. The number of carbonyl (C=O) groups is 1. The minimum atomic E-state index is 0. The van der Waals surface area contributed by atoms with Gasteiger partial charge in [0.1, 0.15) is 5.69 Å². The molecule has 4 rings (SSSR count). The number of carbonyl (C=O) groups excluding carboxylic acids is 1. The molecule has 1 aliphatic heterocycles. The van der Waals surface area contributed by atoms with Gasteiger partial charge in [0, 0.05) is 19.3 Å². The molecule has 1 unspecified atom stereocenters. The van der Waals surface area contributed by atoms with E-state index >= 15 is 0 Å². The molecule has 2 N–H and O–H groups in total. The second kappa shape index (κ2) is 8.03. The molecule has 3 heterocycles. The number of para-hydroxylation sites is 1. The van der Waals surface area contributed by atoms with Gasteiger partial charge in [-0.05, 0) is 42.5 Å². The van der Waals surface area contributed by atoms with Crippen molar-refractivity contribution >= 4 is 29.7 Å². The van der Waals surface area contributed by atoms with Crippen LogP contribution < -0.4 is 5.73 Å². The van der Waals surface area contributed by atoms with Crippen LogP contribution in [-0.4, -0.2) is 40.2 Å². The minimum Gasteiger partial charge on any atom is -0.338 e. The minimum absolute atomic E-state index is 0. The lowest BCUT2D eigenvalue weighted by molar-refractivity contribution is 0.0788. The molecular weight excluding hydrogens is 368 g/mol. The number of hydrogen-bond acceptors (Lipinski definition) is 4. The Balaban J connectivity index is 0.00000196. The van der Waals surface area contributed by atoms with Crippen LogP contribution in [0, 0.1) is 5.92 Å². The summed E-state index contributed by atoms with van der Waals surface area (Å²) >= 11 is 1.60. The monoisotopic (exact) mass is 388 g/mol.